The van der Waals surface area contributed by atoms with Crippen molar-refractivity contribution >= 4 is 23.3 Å². The Balaban J connectivity index is 1.42. The van der Waals surface area contributed by atoms with Gasteiger partial charge in [0.05, 0.1) is 0 Å². The number of hydrogen-bond acceptors (Lipinski definition) is 4. The fourth-order valence-electron chi connectivity index (χ4n) is 3.35. The molecule has 0 spiro atoms. The van der Waals surface area contributed by atoms with E-state index in [9.17, 15) is 9.59 Å². The van der Waals surface area contributed by atoms with Crippen LogP contribution in [0.2, 0.25) is 0 Å². The summed E-state index contributed by atoms with van der Waals surface area (Å²) < 4.78 is 11.0. The number of para-hydroxylation sites is 1. The number of carbonyl (C=O) groups is 2. The van der Waals surface area contributed by atoms with Gasteiger partial charge in [0.15, 0.2) is 11.5 Å². The van der Waals surface area contributed by atoms with E-state index in [0.29, 0.717) is 49.1 Å². The summed E-state index contributed by atoms with van der Waals surface area (Å²) in [4.78, 5) is 26.9. The van der Waals surface area contributed by atoms with Crippen molar-refractivity contribution in [3.63, 3.8) is 0 Å². The second-order valence-corrected chi connectivity index (χ2v) is 6.50. The molecule has 0 aromatic heterocycles. The first kappa shape index (κ1) is 17.2. The van der Waals surface area contributed by atoms with E-state index in [4.69, 9.17) is 9.47 Å². The normalized spacial score (nSPS) is 18.1. The van der Waals surface area contributed by atoms with Crippen LogP contribution in [0.5, 0.6) is 11.5 Å². The van der Waals surface area contributed by atoms with Gasteiger partial charge in [-0.1, -0.05) is 18.2 Å². The molecule has 2 heterocycles. The summed E-state index contributed by atoms with van der Waals surface area (Å²) >= 11 is 0. The summed E-state index contributed by atoms with van der Waals surface area (Å²) in [6, 6.07) is 13.8. The lowest BCUT2D eigenvalue weighted by Gasteiger charge is -2.24. The zero-order valence-corrected chi connectivity index (χ0v) is 14.8. The maximum Gasteiger partial charge on any atom is 0.322 e. The molecule has 0 aliphatic carbocycles. The standard InChI is InChI=1S/C20H21N3O4/c24-19(21-15-8-9-17-18(13-15)27-12-11-26-17)16-7-4-10-23(16)20(25)22-14-5-2-1-3-6-14/h1-3,5-6,8-9,13,16H,4,7,10-12H2,(H,21,24)(H,22,25)/t16-/m0/s1. The number of hydrogen-bond donors (Lipinski definition) is 2. The predicted octanol–water partition coefficient (Wildman–Crippen LogP) is 3.09. The van der Waals surface area contributed by atoms with Gasteiger partial charge in [0.2, 0.25) is 5.91 Å². The number of likely N-dealkylation sites (tertiary alicyclic amines) is 1. The number of nitrogens with zero attached hydrogens (tertiary/aromatic N) is 1. The van der Waals surface area contributed by atoms with E-state index in [2.05, 4.69) is 10.6 Å². The molecule has 1 fully saturated rings. The minimum Gasteiger partial charge on any atom is -0.486 e. The average molecular weight is 367 g/mol. The lowest BCUT2D eigenvalue weighted by atomic mass is 10.2. The Morgan fingerprint density at radius 1 is 0.926 bits per heavy atom. The highest BCUT2D eigenvalue weighted by Gasteiger charge is 2.34. The molecule has 0 saturated carbocycles. The highest BCUT2D eigenvalue weighted by molar-refractivity contribution is 5.99. The van der Waals surface area contributed by atoms with Crippen molar-refractivity contribution in [1.82, 2.24) is 4.90 Å². The minimum atomic E-state index is -0.498. The molecule has 140 valence electrons. The maximum absolute atomic E-state index is 12.7. The fraction of sp³-hybridized carbons (Fsp3) is 0.300. The zero-order valence-electron chi connectivity index (χ0n) is 14.8. The highest BCUT2D eigenvalue weighted by atomic mass is 16.6. The van der Waals surface area contributed by atoms with Crippen LogP contribution in [0.15, 0.2) is 48.5 Å². The van der Waals surface area contributed by atoms with Gasteiger partial charge in [0.25, 0.3) is 0 Å². The summed E-state index contributed by atoms with van der Waals surface area (Å²) in [5.41, 5.74) is 1.33. The Hall–Kier alpha value is -3.22. The van der Waals surface area contributed by atoms with Crippen LogP contribution in [-0.2, 0) is 4.79 Å². The first-order valence-corrected chi connectivity index (χ1v) is 9.04. The topological polar surface area (TPSA) is 79.9 Å². The first-order chi connectivity index (χ1) is 13.2. The quantitative estimate of drug-likeness (QED) is 0.874. The molecule has 2 N–H and O–H groups in total. The van der Waals surface area contributed by atoms with Crippen LogP contribution < -0.4 is 20.1 Å². The molecule has 4 rings (SSSR count). The number of rotatable bonds is 3. The van der Waals surface area contributed by atoms with Crippen molar-refractivity contribution in [3.05, 3.63) is 48.5 Å². The third kappa shape index (κ3) is 3.81. The number of ether oxygens (including phenoxy) is 2. The number of nitrogens with one attached hydrogen (secondary N) is 2. The summed E-state index contributed by atoms with van der Waals surface area (Å²) in [5.74, 6) is 1.08. The van der Waals surface area contributed by atoms with E-state index in [0.717, 1.165) is 6.42 Å². The van der Waals surface area contributed by atoms with Crippen molar-refractivity contribution in [2.24, 2.45) is 0 Å². The zero-order chi connectivity index (χ0) is 18.6. The minimum absolute atomic E-state index is 0.201. The second kappa shape index (κ2) is 7.57. The fourth-order valence-corrected chi connectivity index (χ4v) is 3.35. The molecule has 2 aliphatic heterocycles. The van der Waals surface area contributed by atoms with E-state index < -0.39 is 6.04 Å². The summed E-state index contributed by atoms with van der Waals surface area (Å²) in [6.07, 6.45) is 1.43. The summed E-state index contributed by atoms with van der Waals surface area (Å²) in [7, 11) is 0. The Kier molecular flexibility index (Phi) is 4.82. The number of benzene rings is 2. The van der Waals surface area contributed by atoms with Crippen molar-refractivity contribution in [1.29, 1.82) is 0 Å². The maximum atomic E-state index is 12.7. The number of anilines is 2. The Morgan fingerprint density at radius 3 is 2.52 bits per heavy atom. The van der Waals surface area contributed by atoms with E-state index in [1.807, 2.05) is 30.3 Å². The average Bonchev–Trinajstić information content (AvgIpc) is 3.19. The van der Waals surface area contributed by atoms with E-state index in [1.165, 1.54) is 0 Å². The van der Waals surface area contributed by atoms with Gasteiger partial charge in [0, 0.05) is 24.0 Å². The lowest BCUT2D eigenvalue weighted by Crippen LogP contribution is -2.45. The Bertz CT molecular complexity index is 840. The molecule has 27 heavy (non-hydrogen) atoms. The molecule has 3 amide bonds. The van der Waals surface area contributed by atoms with Crippen LogP contribution in [-0.4, -0.2) is 42.6 Å². The van der Waals surface area contributed by atoms with Crippen LogP contribution in [0.3, 0.4) is 0 Å². The molecular weight excluding hydrogens is 346 g/mol. The molecule has 0 radical (unpaired) electrons. The molecule has 0 unspecified atom stereocenters. The Morgan fingerprint density at radius 2 is 1.70 bits per heavy atom. The van der Waals surface area contributed by atoms with Gasteiger partial charge < -0.3 is 25.0 Å². The SMILES string of the molecule is O=C(Nc1ccc2c(c1)OCCO2)[C@@H]1CCCN1C(=O)Nc1ccccc1. The molecule has 1 saturated heterocycles. The van der Waals surface area contributed by atoms with Crippen LogP contribution in [0.25, 0.3) is 0 Å². The van der Waals surface area contributed by atoms with E-state index in [-0.39, 0.29) is 11.9 Å². The van der Waals surface area contributed by atoms with Gasteiger partial charge in [-0.3, -0.25) is 4.79 Å². The van der Waals surface area contributed by atoms with Crippen LogP contribution >= 0.6 is 0 Å². The first-order valence-electron chi connectivity index (χ1n) is 9.04. The van der Waals surface area contributed by atoms with Gasteiger partial charge in [-0.15, -0.1) is 0 Å². The Labute approximate surface area is 157 Å². The molecular formula is C20H21N3O4. The van der Waals surface area contributed by atoms with Crippen LogP contribution in [0.1, 0.15) is 12.8 Å². The van der Waals surface area contributed by atoms with Crippen LogP contribution in [0.4, 0.5) is 16.2 Å². The third-order valence-corrected chi connectivity index (χ3v) is 4.65. The molecule has 2 aromatic rings. The third-order valence-electron chi connectivity index (χ3n) is 4.65. The molecule has 2 aromatic carbocycles. The van der Waals surface area contributed by atoms with E-state index in [1.54, 1.807) is 23.1 Å². The monoisotopic (exact) mass is 367 g/mol. The molecule has 0 bridgehead atoms. The predicted molar refractivity (Wildman–Crippen MR) is 101 cm³/mol. The summed E-state index contributed by atoms with van der Waals surface area (Å²) in [5, 5.41) is 5.73. The number of fused-ring (bicyclic) bond motifs is 1. The second-order valence-electron chi connectivity index (χ2n) is 6.50. The van der Waals surface area contributed by atoms with Gasteiger partial charge in [-0.25, -0.2) is 4.79 Å². The van der Waals surface area contributed by atoms with E-state index >= 15 is 0 Å². The van der Waals surface area contributed by atoms with Gasteiger partial charge in [0.1, 0.15) is 19.3 Å². The largest absolute Gasteiger partial charge is 0.486 e. The van der Waals surface area contributed by atoms with Crippen molar-refractivity contribution in [3.8, 4) is 11.5 Å². The summed E-state index contributed by atoms with van der Waals surface area (Å²) in [6.45, 7) is 1.56. The van der Waals surface area contributed by atoms with Gasteiger partial charge in [-0.05, 0) is 37.1 Å². The number of urea groups is 1. The van der Waals surface area contributed by atoms with Gasteiger partial charge in [-0.2, -0.15) is 0 Å². The molecule has 7 heteroatoms. The molecule has 2 aliphatic rings. The lowest BCUT2D eigenvalue weighted by molar-refractivity contribution is -0.119. The molecule has 7 nitrogen and oxygen atoms in total. The number of carbonyl (C=O) groups excluding carboxylic acids is 2. The molecule has 1 atom stereocenters. The van der Waals surface area contributed by atoms with Crippen molar-refractivity contribution < 1.29 is 19.1 Å². The number of amides is 3. The van der Waals surface area contributed by atoms with Crippen molar-refractivity contribution in [2.45, 2.75) is 18.9 Å². The van der Waals surface area contributed by atoms with Gasteiger partial charge >= 0.3 is 6.03 Å². The highest BCUT2D eigenvalue weighted by Crippen LogP contribution is 2.33. The smallest absolute Gasteiger partial charge is 0.322 e. The van der Waals surface area contributed by atoms with Crippen LogP contribution in [0, 0.1) is 0 Å². The van der Waals surface area contributed by atoms with Crippen molar-refractivity contribution in [2.75, 3.05) is 30.4 Å².